The first-order chi connectivity index (χ1) is 9.03. The number of carbonyl (C=O) groups excluding carboxylic acids is 1. The van der Waals surface area contributed by atoms with Crippen LogP contribution in [-0.4, -0.2) is 29.9 Å². The standard InChI is InChI=1S/C16H32N2O/c1-5-13(6-2)11-18(7-3)16(19)14-10-12(4)8-9-15(14)17/h12-15H,5-11,17H2,1-4H3. The van der Waals surface area contributed by atoms with E-state index in [0.29, 0.717) is 17.7 Å². The summed E-state index contributed by atoms with van der Waals surface area (Å²) in [6.45, 7) is 10.5. The first-order valence-electron chi connectivity index (χ1n) is 8.07. The summed E-state index contributed by atoms with van der Waals surface area (Å²) in [5.74, 6) is 1.62. The van der Waals surface area contributed by atoms with E-state index < -0.39 is 0 Å². The van der Waals surface area contributed by atoms with E-state index in [2.05, 4.69) is 27.7 Å². The fraction of sp³-hybridized carbons (Fsp3) is 0.938. The summed E-state index contributed by atoms with van der Waals surface area (Å²) >= 11 is 0. The fourth-order valence-electron chi connectivity index (χ4n) is 3.16. The van der Waals surface area contributed by atoms with Crippen molar-refractivity contribution in [3.05, 3.63) is 0 Å². The molecule has 0 aromatic carbocycles. The van der Waals surface area contributed by atoms with Crippen molar-refractivity contribution in [3.8, 4) is 0 Å². The summed E-state index contributed by atoms with van der Waals surface area (Å²) in [5.41, 5.74) is 6.18. The van der Waals surface area contributed by atoms with Gasteiger partial charge >= 0.3 is 0 Å². The number of rotatable bonds is 6. The molecule has 1 saturated carbocycles. The maximum atomic E-state index is 12.7. The van der Waals surface area contributed by atoms with Crippen LogP contribution < -0.4 is 5.73 Å². The van der Waals surface area contributed by atoms with Crippen LogP contribution in [-0.2, 0) is 4.79 Å². The second-order valence-corrected chi connectivity index (χ2v) is 6.25. The average molecular weight is 268 g/mol. The van der Waals surface area contributed by atoms with E-state index in [1.807, 2.05) is 4.90 Å². The van der Waals surface area contributed by atoms with Gasteiger partial charge in [-0.25, -0.2) is 0 Å². The number of amides is 1. The molecule has 0 bridgehead atoms. The lowest BCUT2D eigenvalue weighted by Gasteiger charge is -2.36. The van der Waals surface area contributed by atoms with Gasteiger partial charge in [0.15, 0.2) is 0 Å². The summed E-state index contributed by atoms with van der Waals surface area (Å²) < 4.78 is 0. The molecule has 1 aliphatic rings. The van der Waals surface area contributed by atoms with E-state index in [1.165, 1.54) is 6.42 Å². The summed E-state index contributed by atoms with van der Waals surface area (Å²) in [7, 11) is 0. The summed E-state index contributed by atoms with van der Waals surface area (Å²) in [6.07, 6.45) is 5.43. The molecule has 0 spiro atoms. The van der Waals surface area contributed by atoms with Crippen molar-refractivity contribution in [1.82, 2.24) is 4.90 Å². The normalized spacial score (nSPS) is 27.6. The Morgan fingerprint density at radius 3 is 2.42 bits per heavy atom. The van der Waals surface area contributed by atoms with Crippen LogP contribution in [0.5, 0.6) is 0 Å². The van der Waals surface area contributed by atoms with Crippen LogP contribution in [0.25, 0.3) is 0 Å². The maximum Gasteiger partial charge on any atom is 0.227 e. The summed E-state index contributed by atoms with van der Waals surface area (Å²) in [5, 5.41) is 0. The minimum absolute atomic E-state index is 0.0538. The van der Waals surface area contributed by atoms with Crippen LogP contribution in [0.4, 0.5) is 0 Å². The third-order valence-electron chi connectivity index (χ3n) is 4.81. The smallest absolute Gasteiger partial charge is 0.227 e. The molecule has 19 heavy (non-hydrogen) atoms. The van der Waals surface area contributed by atoms with Crippen LogP contribution >= 0.6 is 0 Å². The van der Waals surface area contributed by atoms with Crippen molar-refractivity contribution in [2.75, 3.05) is 13.1 Å². The van der Waals surface area contributed by atoms with Crippen LogP contribution in [0.1, 0.15) is 59.8 Å². The van der Waals surface area contributed by atoms with Crippen molar-refractivity contribution in [3.63, 3.8) is 0 Å². The molecular weight excluding hydrogens is 236 g/mol. The van der Waals surface area contributed by atoms with E-state index in [-0.39, 0.29) is 12.0 Å². The van der Waals surface area contributed by atoms with Gasteiger partial charge in [0.2, 0.25) is 5.91 Å². The van der Waals surface area contributed by atoms with Crippen molar-refractivity contribution in [2.45, 2.75) is 65.8 Å². The molecule has 1 amide bonds. The zero-order valence-electron chi connectivity index (χ0n) is 13.2. The Morgan fingerprint density at radius 1 is 1.26 bits per heavy atom. The van der Waals surface area contributed by atoms with Gasteiger partial charge in [-0.05, 0) is 38.0 Å². The highest BCUT2D eigenvalue weighted by Gasteiger charge is 2.34. The van der Waals surface area contributed by atoms with Gasteiger partial charge < -0.3 is 10.6 Å². The first kappa shape index (κ1) is 16.5. The first-order valence-corrected chi connectivity index (χ1v) is 8.07. The molecule has 2 N–H and O–H groups in total. The van der Waals surface area contributed by atoms with Gasteiger partial charge in [0, 0.05) is 19.1 Å². The highest BCUT2D eigenvalue weighted by molar-refractivity contribution is 5.79. The quantitative estimate of drug-likeness (QED) is 0.805. The zero-order valence-corrected chi connectivity index (χ0v) is 13.2. The van der Waals surface area contributed by atoms with Crippen molar-refractivity contribution >= 4 is 5.91 Å². The van der Waals surface area contributed by atoms with Gasteiger partial charge in [-0.1, -0.05) is 33.6 Å². The van der Waals surface area contributed by atoms with Gasteiger partial charge in [-0.2, -0.15) is 0 Å². The maximum absolute atomic E-state index is 12.7. The van der Waals surface area contributed by atoms with E-state index >= 15 is 0 Å². The number of hydrogen-bond acceptors (Lipinski definition) is 2. The second-order valence-electron chi connectivity index (χ2n) is 6.25. The van der Waals surface area contributed by atoms with E-state index in [0.717, 1.165) is 38.8 Å². The van der Waals surface area contributed by atoms with Gasteiger partial charge in [0.1, 0.15) is 0 Å². The van der Waals surface area contributed by atoms with Crippen LogP contribution in [0.2, 0.25) is 0 Å². The molecule has 0 aromatic heterocycles. The fourth-order valence-corrected chi connectivity index (χ4v) is 3.16. The molecule has 3 nitrogen and oxygen atoms in total. The molecule has 1 fully saturated rings. The molecule has 112 valence electrons. The second kappa shape index (κ2) is 7.88. The molecule has 3 unspecified atom stereocenters. The Balaban J connectivity index is 2.66. The number of nitrogens with zero attached hydrogens (tertiary/aromatic N) is 1. The lowest BCUT2D eigenvalue weighted by Crippen LogP contribution is -2.48. The highest BCUT2D eigenvalue weighted by atomic mass is 16.2. The summed E-state index contributed by atoms with van der Waals surface area (Å²) in [6, 6.07) is 0.0689. The lowest BCUT2D eigenvalue weighted by molar-refractivity contribution is -0.138. The van der Waals surface area contributed by atoms with Gasteiger partial charge in [-0.15, -0.1) is 0 Å². The van der Waals surface area contributed by atoms with Crippen LogP contribution in [0.3, 0.4) is 0 Å². The van der Waals surface area contributed by atoms with Crippen LogP contribution in [0.15, 0.2) is 0 Å². The summed E-state index contributed by atoms with van der Waals surface area (Å²) in [4.78, 5) is 14.7. The minimum atomic E-state index is 0.0538. The monoisotopic (exact) mass is 268 g/mol. The predicted octanol–water partition coefficient (Wildman–Crippen LogP) is 3.03. The Kier molecular flexibility index (Phi) is 6.84. The molecule has 0 heterocycles. The van der Waals surface area contributed by atoms with E-state index in [4.69, 9.17) is 5.73 Å². The molecule has 0 aromatic rings. The third kappa shape index (κ3) is 4.48. The minimum Gasteiger partial charge on any atom is -0.342 e. The highest BCUT2D eigenvalue weighted by Crippen LogP contribution is 2.29. The van der Waals surface area contributed by atoms with Crippen molar-refractivity contribution in [2.24, 2.45) is 23.5 Å². The van der Waals surface area contributed by atoms with Crippen molar-refractivity contribution < 1.29 is 4.79 Å². The largest absolute Gasteiger partial charge is 0.342 e. The SMILES string of the molecule is CCC(CC)CN(CC)C(=O)C1CC(C)CCC1N. The average Bonchev–Trinajstić information content (AvgIpc) is 2.42. The zero-order chi connectivity index (χ0) is 14.4. The lowest BCUT2D eigenvalue weighted by atomic mass is 9.78. The van der Waals surface area contributed by atoms with Gasteiger partial charge in [0.25, 0.3) is 0 Å². The van der Waals surface area contributed by atoms with E-state index in [1.54, 1.807) is 0 Å². The molecule has 1 rings (SSSR count). The molecule has 3 heteroatoms. The number of nitrogens with two attached hydrogens (primary N) is 1. The number of carbonyl (C=O) groups is 1. The van der Waals surface area contributed by atoms with Crippen LogP contribution in [0, 0.1) is 17.8 Å². The number of hydrogen-bond donors (Lipinski definition) is 1. The molecule has 0 radical (unpaired) electrons. The Labute approximate surface area is 118 Å². The molecule has 3 atom stereocenters. The Bertz CT molecular complexity index is 276. The molecule has 1 aliphatic carbocycles. The molecular formula is C16H32N2O. The van der Waals surface area contributed by atoms with Crippen molar-refractivity contribution in [1.29, 1.82) is 0 Å². The Morgan fingerprint density at radius 2 is 1.89 bits per heavy atom. The Hall–Kier alpha value is -0.570. The predicted molar refractivity (Wildman–Crippen MR) is 80.8 cm³/mol. The van der Waals surface area contributed by atoms with Gasteiger partial charge in [0.05, 0.1) is 5.92 Å². The van der Waals surface area contributed by atoms with E-state index in [9.17, 15) is 4.79 Å². The topological polar surface area (TPSA) is 46.3 Å². The third-order valence-corrected chi connectivity index (χ3v) is 4.81. The molecule has 0 aliphatic heterocycles. The molecule has 0 saturated heterocycles. The van der Waals surface area contributed by atoms with Gasteiger partial charge in [-0.3, -0.25) is 4.79 Å².